The molecular formula is C13H12FN3O3. The van der Waals surface area contributed by atoms with Crippen molar-refractivity contribution in [1.82, 2.24) is 4.98 Å². The lowest BCUT2D eigenvalue weighted by atomic mass is 10.1. The fourth-order valence-electron chi connectivity index (χ4n) is 1.75. The van der Waals surface area contributed by atoms with Gasteiger partial charge in [0.1, 0.15) is 17.4 Å². The van der Waals surface area contributed by atoms with E-state index in [0.29, 0.717) is 11.6 Å². The van der Waals surface area contributed by atoms with Crippen molar-refractivity contribution >= 4 is 11.5 Å². The van der Waals surface area contributed by atoms with E-state index in [1.54, 1.807) is 7.05 Å². The van der Waals surface area contributed by atoms with Gasteiger partial charge in [0.15, 0.2) is 5.69 Å². The molecule has 0 bridgehead atoms. The Labute approximate surface area is 114 Å². The molecule has 0 radical (unpaired) electrons. The Hall–Kier alpha value is -2.70. The summed E-state index contributed by atoms with van der Waals surface area (Å²) in [4.78, 5) is 14.5. The maximum Gasteiger partial charge on any atom is 0.295 e. The van der Waals surface area contributed by atoms with Gasteiger partial charge in [-0.2, -0.15) is 0 Å². The first kappa shape index (κ1) is 13.7. The van der Waals surface area contributed by atoms with E-state index < -0.39 is 10.7 Å². The highest BCUT2D eigenvalue weighted by atomic mass is 19.1. The van der Waals surface area contributed by atoms with E-state index in [0.717, 1.165) is 6.07 Å². The summed E-state index contributed by atoms with van der Waals surface area (Å²) >= 11 is 0. The van der Waals surface area contributed by atoms with Gasteiger partial charge in [0, 0.05) is 24.7 Å². The third-order valence-corrected chi connectivity index (χ3v) is 2.76. The largest absolute Gasteiger partial charge is 0.497 e. The van der Waals surface area contributed by atoms with Crippen LogP contribution in [-0.4, -0.2) is 24.1 Å². The Bertz CT molecular complexity index is 661. The summed E-state index contributed by atoms with van der Waals surface area (Å²) in [5.74, 6) is 0.118. The summed E-state index contributed by atoms with van der Waals surface area (Å²) in [7, 11) is 3.04. The second kappa shape index (κ2) is 5.52. The number of rotatable bonds is 4. The van der Waals surface area contributed by atoms with Crippen molar-refractivity contribution in [3.63, 3.8) is 0 Å². The van der Waals surface area contributed by atoms with Gasteiger partial charge in [0.2, 0.25) is 0 Å². The van der Waals surface area contributed by atoms with Gasteiger partial charge in [-0.3, -0.25) is 10.1 Å². The van der Waals surface area contributed by atoms with Gasteiger partial charge in [0.25, 0.3) is 5.69 Å². The number of pyridine rings is 1. The van der Waals surface area contributed by atoms with Crippen molar-refractivity contribution < 1.29 is 14.1 Å². The minimum atomic E-state index is -0.631. The molecule has 0 saturated heterocycles. The van der Waals surface area contributed by atoms with Crippen LogP contribution in [0.2, 0.25) is 0 Å². The number of anilines is 1. The Balaban J connectivity index is 2.63. The van der Waals surface area contributed by atoms with Gasteiger partial charge >= 0.3 is 0 Å². The van der Waals surface area contributed by atoms with E-state index in [9.17, 15) is 14.5 Å². The highest BCUT2D eigenvalue weighted by molar-refractivity contribution is 5.72. The molecule has 1 heterocycles. The molecule has 20 heavy (non-hydrogen) atoms. The second-order valence-corrected chi connectivity index (χ2v) is 3.92. The first-order valence-corrected chi connectivity index (χ1v) is 5.74. The van der Waals surface area contributed by atoms with Crippen LogP contribution >= 0.6 is 0 Å². The van der Waals surface area contributed by atoms with Crippen LogP contribution in [0.1, 0.15) is 0 Å². The quantitative estimate of drug-likeness (QED) is 0.686. The van der Waals surface area contributed by atoms with Crippen LogP contribution in [0.15, 0.2) is 30.3 Å². The van der Waals surface area contributed by atoms with Gasteiger partial charge in [-0.05, 0) is 18.2 Å². The first-order valence-electron chi connectivity index (χ1n) is 5.74. The van der Waals surface area contributed by atoms with E-state index in [1.165, 1.54) is 31.4 Å². The smallest absolute Gasteiger partial charge is 0.295 e. The lowest BCUT2D eigenvalue weighted by Gasteiger charge is -2.07. The summed E-state index contributed by atoms with van der Waals surface area (Å²) in [5.41, 5.74) is -0.232. The molecule has 0 amide bonds. The number of benzene rings is 1. The number of halogens is 1. The predicted molar refractivity (Wildman–Crippen MR) is 72.4 cm³/mol. The van der Waals surface area contributed by atoms with Crippen molar-refractivity contribution in [1.29, 1.82) is 0 Å². The van der Waals surface area contributed by atoms with Crippen LogP contribution in [0, 0.1) is 15.9 Å². The van der Waals surface area contributed by atoms with Crippen LogP contribution in [0.3, 0.4) is 0 Å². The molecule has 0 saturated carbocycles. The molecule has 0 unspecified atom stereocenters. The zero-order valence-corrected chi connectivity index (χ0v) is 10.9. The molecule has 1 aromatic carbocycles. The van der Waals surface area contributed by atoms with Crippen LogP contribution in [0.4, 0.5) is 15.9 Å². The maximum absolute atomic E-state index is 14.0. The van der Waals surface area contributed by atoms with Gasteiger partial charge in [-0.25, -0.2) is 9.37 Å². The first-order chi connectivity index (χ1) is 9.56. The zero-order chi connectivity index (χ0) is 14.7. The average Bonchev–Trinajstić information content (AvgIpc) is 2.46. The molecule has 1 aromatic heterocycles. The molecule has 0 aliphatic heterocycles. The van der Waals surface area contributed by atoms with Crippen molar-refractivity contribution in [3.05, 3.63) is 46.3 Å². The van der Waals surface area contributed by atoms with Gasteiger partial charge in [0.05, 0.1) is 12.0 Å². The zero-order valence-electron chi connectivity index (χ0n) is 10.9. The number of nitrogens with one attached hydrogen (secondary N) is 1. The summed E-state index contributed by atoms with van der Waals surface area (Å²) in [5, 5.41) is 13.8. The molecule has 7 heteroatoms. The minimum Gasteiger partial charge on any atom is -0.497 e. The molecule has 6 nitrogen and oxygen atoms in total. The van der Waals surface area contributed by atoms with Gasteiger partial charge < -0.3 is 10.1 Å². The molecule has 1 N–H and O–H groups in total. The molecular weight excluding hydrogens is 265 g/mol. The monoisotopic (exact) mass is 277 g/mol. The SMILES string of the molecule is CNc1ccc([N+](=O)[O-])c(-c2ccc(OC)cc2F)n1. The number of ether oxygens (including phenoxy) is 1. The summed E-state index contributed by atoms with van der Waals surface area (Å²) in [6, 6.07) is 6.84. The van der Waals surface area contributed by atoms with E-state index in [-0.39, 0.29) is 16.9 Å². The fourth-order valence-corrected chi connectivity index (χ4v) is 1.75. The molecule has 0 fully saturated rings. The number of nitrogens with zero attached hydrogens (tertiary/aromatic N) is 2. The lowest BCUT2D eigenvalue weighted by Crippen LogP contribution is -2.00. The van der Waals surface area contributed by atoms with Crippen LogP contribution in [-0.2, 0) is 0 Å². The van der Waals surface area contributed by atoms with E-state index in [2.05, 4.69) is 10.3 Å². The highest BCUT2D eigenvalue weighted by Gasteiger charge is 2.20. The summed E-state index contributed by atoms with van der Waals surface area (Å²) < 4.78 is 18.9. The standard InChI is InChI=1S/C13H12FN3O3/c1-15-12-6-5-11(17(18)19)13(16-12)9-4-3-8(20-2)7-10(9)14/h3-7H,1-2H3,(H,15,16). The third-order valence-electron chi connectivity index (χ3n) is 2.76. The Morgan fingerprint density at radius 3 is 2.65 bits per heavy atom. The number of methoxy groups -OCH3 is 1. The molecule has 2 aromatic rings. The maximum atomic E-state index is 14.0. The highest BCUT2D eigenvalue weighted by Crippen LogP contribution is 2.32. The van der Waals surface area contributed by atoms with Gasteiger partial charge in [-0.15, -0.1) is 0 Å². The van der Waals surface area contributed by atoms with E-state index >= 15 is 0 Å². The van der Waals surface area contributed by atoms with E-state index in [1.807, 2.05) is 0 Å². The van der Waals surface area contributed by atoms with Crippen LogP contribution < -0.4 is 10.1 Å². The second-order valence-electron chi connectivity index (χ2n) is 3.92. The number of hydrogen-bond donors (Lipinski definition) is 1. The van der Waals surface area contributed by atoms with Crippen molar-refractivity contribution in [3.8, 4) is 17.0 Å². The van der Waals surface area contributed by atoms with Crippen molar-refractivity contribution in [2.24, 2.45) is 0 Å². The van der Waals surface area contributed by atoms with Crippen LogP contribution in [0.5, 0.6) is 5.75 Å². The van der Waals surface area contributed by atoms with Crippen molar-refractivity contribution in [2.45, 2.75) is 0 Å². The number of aromatic nitrogens is 1. The Morgan fingerprint density at radius 1 is 1.35 bits per heavy atom. The average molecular weight is 277 g/mol. The molecule has 104 valence electrons. The third kappa shape index (κ3) is 2.51. The summed E-state index contributed by atoms with van der Waals surface area (Å²) in [6.07, 6.45) is 0. The topological polar surface area (TPSA) is 77.3 Å². The number of nitro groups is 1. The Kier molecular flexibility index (Phi) is 3.79. The normalized spacial score (nSPS) is 10.2. The molecule has 2 rings (SSSR count). The fraction of sp³-hybridized carbons (Fsp3) is 0.154. The lowest BCUT2D eigenvalue weighted by molar-refractivity contribution is -0.384. The number of hydrogen-bond acceptors (Lipinski definition) is 5. The minimum absolute atomic E-state index is 0.0259. The molecule has 0 aliphatic carbocycles. The van der Waals surface area contributed by atoms with E-state index in [4.69, 9.17) is 4.74 Å². The molecule has 0 aliphatic rings. The molecule has 0 atom stereocenters. The predicted octanol–water partition coefficient (Wildman–Crippen LogP) is 2.85. The van der Waals surface area contributed by atoms with Crippen LogP contribution in [0.25, 0.3) is 11.3 Å². The Morgan fingerprint density at radius 2 is 2.10 bits per heavy atom. The van der Waals surface area contributed by atoms with Crippen molar-refractivity contribution in [2.75, 3.05) is 19.5 Å². The molecule has 0 spiro atoms. The summed E-state index contributed by atoms with van der Waals surface area (Å²) in [6.45, 7) is 0. The van der Waals surface area contributed by atoms with Gasteiger partial charge in [-0.1, -0.05) is 0 Å².